The van der Waals surface area contributed by atoms with Crippen LogP contribution < -0.4 is 0 Å². The smallest absolute Gasteiger partial charge is 0.410 e. The van der Waals surface area contributed by atoms with Gasteiger partial charge in [0, 0.05) is 50.0 Å². The van der Waals surface area contributed by atoms with Gasteiger partial charge in [0.2, 0.25) is 0 Å². The van der Waals surface area contributed by atoms with Gasteiger partial charge in [0.05, 0.1) is 39.3 Å². The fourth-order valence-corrected chi connectivity index (χ4v) is 10.4. The summed E-state index contributed by atoms with van der Waals surface area (Å²) in [6.07, 6.45) is 12.3. The van der Waals surface area contributed by atoms with Crippen molar-refractivity contribution in [1.82, 2.24) is 33.5 Å². The molecule has 3 aliphatic rings. The van der Waals surface area contributed by atoms with Crippen LogP contribution in [0.3, 0.4) is 0 Å². The molecule has 0 aliphatic carbocycles. The van der Waals surface area contributed by atoms with Gasteiger partial charge in [0.15, 0.2) is 11.4 Å². The Morgan fingerprint density at radius 1 is 0.500 bits per heavy atom. The fourth-order valence-electron chi connectivity index (χ4n) is 9.59. The van der Waals surface area contributed by atoms with E-state index in [1.54, 1.807) is 4.90 Å². The van der Waals surface area contributed by atoms with Crippen LogP contribution in [0.15, 0.2) is 175 Å². The Hall–Kier alpha value is -7.30. The molecule has 0 saturated carbocycles. The van der Waals surface area contributed by atoms with Crippen molar-refractivity contribution in [2.75, 3.05) is 25.0 Å². The summed E-state index contributed by atoms with van der Waals surface area (Å²) in [6, 6.07) is 46.9. The number of halogens is 2. The predicted molar refractivity (Wildman–Crippen MR) is 289 cm³/mol. The van der Waals surface area contributed by atoms with E-state index >= 15 is 0 Å². The number of imidazole rings is 2. The minimum Gasteiger partial charge on any atom is -0.445 e. The number of benzene rings is 4. The van der Waals surface area contributed by atoms with Crippen molar-refractivity contribution in [2.24, 2.45) is 0 Å². The number of carbonyl (C=O) groups is 4. The van der Waals surface area contributed by atoms with Crippen LogP contribution in [0.4, 0.5) is 14.4 Å². The van der Waals surface area contributed by atoms with E-state index in [4.69, 9.17) is 24.2 Å². The van der Waals surface area contributed by atoms with Crippen molar-refractivity contribution in [3.05, 3.63) is 203 Å². The lowest BCUT2D eigenvalue weighted by molar-refractivity contribution is -0.120. The van der Waals surface area contributed by atoms with Gasteiger partial charge in [-0.2, -0.15) is 0 Å². The number of likely N-dealkylation sites (tertiary alicyclic amines) is 3. The summed E-state index contributed by atoms with van der Waals surface area (Å²) in [5.74, 6) is 0.0363. The zero-order valence-electron chi connectivity index (χ0n) is 40.8. The number of Topliss-reactive ketones (excluding diaryl/α,β-unsaturated/α-hetero) is 1. The number of pyridine rings is 2. The zero-order valence-corrected chi connectivity index (χ0v) is 44.0. The van der Waals surface area contributed by atoms with Gasteiger partial charge in [-0.15, -0.1) is 0 Å². The van der Waals surface area contributed by atoms with Gasteiger partial charge in [-0.05, 0) is 101 Å². The number of carbonyl (C=O) groups excluding carboxylic acids is 4. The maximum atomic E-state index is 12.8. The molecule has 4 aromatic carbocycles. The van der Waals surface area contributed by atoms with Crippen LogP contribution in [0.25, 0.3) is 22.4 Å². The molecule has 11 rings (SSSR count). The Kier molecular flexibility index (Phi) is 17.5. The molecule has 14 nitrogen and oxygen atoms in total. The van der Waals surface area contributed by atoms with E-state index in [2.05, 4.69) is 50.1 Å². The fraction of sp³-hybridized carbons (Fsp3) is 0.276. The summed E-state index contributed by atoms with van der Waals surface area (Å²) in [4.78, 5) is 63.8. The Morgan fingerprint density at radius 3 is 1.41 bits per heavy atom. The summed E-state index contributed by atoms with van der Waals surface area (Å²) in [5.41, 5.74) is 8.72. The van der Waals surface area contributed by atoms with Crippen LogP contribution in [-0.4, -0.2) is 88.5 Å². The first kappa shape index (κ1) is 51.6. The average Bonchev–Trinajstić information content (AvgIpc) is 4.32. The first-order chi connectivity index (χ1) is 36.2. The second kappa shape index (κ2) is 25.1. The molecule has 8 aromatic rings. The number of rotatable bonds is 11. The monoisotopic (exact) mass is 1120 g/mol. The number of ether oxygens (including phenoxy) is 3. The summed E-state index contributed by atoms with van der Waals surface area (Å²) in [6.45, 7) is 2.80. The van der Waals surface area contributed by atoms with Crippen molar-refractivity contribution in [1.29, 1.82) is 0 Å². The van der Waals surface area contributed by atoms with E-state index in [9.17, 15) is 19.2 Å². The quantitative estimate of drug-likeness (QED) is 0.0914. The second-order valence-electron chi connectivity index (χ2n) is 18.2. The normalized spacial score (nSPS) is 17.1. The van der Waals surface area contributed by atoms with Crippen LogP contribution in [-0.2, 0) is 38.8 Å². The van der Waals surface area contributed by atoms with Crippen molar-refractivity contribution in [3.8, 4) is 11.1 Å². The lowest BCUT2D eigenvalue weighted by Crippen LogP contribution is -2.41. The highest BCUT2D eigenvalue weighted by atomic mass is 79.9. The number of amides is 3. The molecule has 0 N–H and O–H groups in total. The highest BCUT2D eigenvalue weighted by molar-refractivity contribution is 9.10. The van der Waals surface area contributed by atoms with Crippen LogP contribution in [0, 0.1) is 0 Å². The molecule has 4 aromatic heterocycles. The molecule has 3 aliphatic heterocycles. The number of aromatic nitrogens is 4. The number of fused-ring (bicyclic) bond motifs is 2. The molecule has 3 fully saturated rings. The van der Waals surface area contributed by atoms with E-state index < -0.39 is 6.09 Å². The van der Waals surface area contributed by atoms with Gasteiger partial charge in [0.1, 0.15) is 25.5 Å². The Labute approximate surface area is 447 Å². The average molecular weight is 1120 g/mol. The molecule has 380 valence electrons. The topological polar surface area (TPSA) is 140 Å². The molecular weight excluding hydrogens is 1070 g/mol. The summed E-state index contributed by atoms with van der Waals surface area (Å²) in [5, 5.41) is 0.278. The zero-order chi connectivity index (χ0) is 51.2. The predicted octanol–water partition coefficient (Wildman–Crippen LogP) is 12.8. The van der Waals surface area contributed by atoms with Crippen LogP contribution >= 0.6 is 31.9 Å². The molecule has 3 atom stereocenters. The SMILES string of the molecule is O=C(CBr)[C@@H]1CCCN1C(=O)OCc1ccccc1.O=C(OCc1ccccc1)N1CCC[C@H]1c1cn2cccc(-c3ccccc3)c2n1.O=C(OCc1ccccc1)N1CCC[C@H]1c1cn2cccc(Br)c2n1. The third-order valence-corrected chi connectivity index (χ3v) is 14.5. The van der Waals surface area contributed by atoms with Crippen LogP contribution in [0.2, 0.25) is 0 Å². The maximum Gasteiger partial charge on any atom is 0.410 e. The molecule has 0 spiro atoms. The lowest BCUT2D eigenvalue weighted by atomic mass is 10.1. The Morgan fingerprint density at radius 2 is 0.919 bits per heavy atom. The number of ketones is 1. The number of alkyl halides is 1. The van der Waals surface area contributed by atoms with Crippen molar-refractivity contribution >= 4 is 67.2 Å². The molecule has 0 unspecified atom stereocenters. The number of hydrogen-bond donors (Lipinski definition) is 0. The van der Waals surface area contributed by atoms with E-state index in [0.717, 1.165) is 93.5 Å². The van der Waals surface area contributed by atoms with E-state index in [0.29, 0.717) is 26.2 Å². The number of nitrogens with zero attached hydrogens (tertiary/aromatic N) is 7. The molecule has 74 heavy (non-hydrogen) atoms. The maximum absolute atomic E-state index is 12.8. The van der Waals surface area contributed by atoms with Gasteiger partial charge in [-0.25, -0.2) is 24.4 Å². The summed E-state index contributed by atoms with van der Waals surface area (Å²) >= 11 is 6.67. The van der Waals surface area contributed by atoms with Gasteiger partial charge in [-0.3, -0.25) is 19.5 Å². The first-order valence-corrected chi connectivity index (χ1v) is 26.8. The van der Waals surface area contributed by atoms with E-state index in [1.165, 1.54) is 4.90 Å². The first-order valence-electron chi connectivity index (χ1n) is 24.9. The van der Waals surface area contributed by atoms with Crippen molar-refractivity contribution in [3.63, 3.8) is 0 Å². The molecular formula is C58H57Br2N7O7. The molecule has 3 amide bonds. The molecule has 3 saturated heterocycles. The molecule has 7 heterocycles. The van der Waals surface area contributed by atoms with Crippen LogP contribution in [0.1, 0.15) is 78.7 Å². The largest absolute Gasteiger partial charge is 0.445 e. The van der Waals surface area contributed by atoms with Gasteiger partial charge < -0.3 is 23.0 Å². The van der Waals surface area contributed by atoms with E-state index in [1.807, 2.05) is 166 Å². The standard InChI is InChI=1S/C25H23N3O2.C19H18BrN3O2.C14H16BrNO3/c29-25(30-18-19-9-3-1-4-10-19)28-16-8-14-23(28)22-17-27-15-7-13-21(24(27)26-22)20-11-5-2-6-12-20;20-15-8-4-10-22-12-16(21-18(15)22)17-9-5-11-23(17)19(24)25-13-14-6-2-1-3-7-14;15-9-13(17)12-7-4-8-16(12)14(18)19-10-11-5-2-1-3-6-11/h1-7,9-13,15,17,23H,8,14,16,18H2;1-4,6-8,10,12,17H,5,9,11,13H2;1-3,5-6,12H,4,7-10H2/t23-;17-;12-/m000/s1. The van der Waals surface area contributed by atoms with Crippen LogP contribution in [0.5, 0.6) is 0 Å². The van der Waals surface area contributed by atoms with E-state index in [-0.39, 0.29) is 54.6 Å². The Bertz CT molecular complexity index is 3140. The highest BCUT2D eigenvalue weighted by Gasteiger charge is 2.36. The third-order valence-electron chi connectivity index (χ3n) is 13.3. The minimum atomic E-state index is -0.402. The van der Waals surface area contributed by atoms with Gasteiger partial charge >= 0.3 is 18.3 Å². The lowest BCUT2D eigenvalue weighted by Gasteiger charge is -2.22. The van der Waals surface area contributed by atoms with Gasteiger partial charge in [-0.1, -0.05) is 137 Å². The highest BCUT2D eigenvalue weighted by Crippen LogP contribution is 2.35. The molecule has 0 radical (unpaired) electrons. The van der Waals surface area contributed by atoms with Crippen molar-refractivity contribution in [2.45, 2.75) is 76.5 Å². The third kappa shape index (κ3) is 12.7. The minimum absolute atomic E-state index is 0.0323. The number of hydrogen-bond acceptors (Lipinski definition) is 9. The van der Waals surface area contributed by atoms with Crippen molar-refractivity contribution < 1.29 is 33.4 Å². The second-order valence-corrected chi connectivity index (χ2v) is 19.6. The Balaban J connectivity index is 0.000000140. The molecule has 0 bridgehead atoms. The summed E-state index contributed by atoms with van der Waals surface area (Å²) < 4.78 is 21.3. The van der Waals surface area contributed by atoms with Gasteiger partial charge in [0.25, 0.3) is 0 Å². The summed E-state index contributed by atoms with van der Waals surface area (Å²) in [7, 11) is 0. The molecule has 16 heteroatoms.